The maximum atomic E-state index is 11.8. The molecule has 1 aromatic heterocycles. The molecule has 0 radical (unpaired) electrons. The van der Waals surface area contributed by atoms with Crippen molar-refractivity contribution >= 4 is 17.2 Å². The van der Waals surface area contributed by atoms with Crippen molar-refractivity contribution in [2.45, 2.75) is 46.7 Å². The van der Waals surface area contributed by atoms with Gasteiger partial charge in [-0.15, -0.1) is 11.3 Å². The zero-order valence-electron chi connectivity index (χ0n) is 11.0. The molecule has 3 nitrogen and oxygen atoms in total. The Hall–Kier alpha value is -0.870. The lowest BCUT2D eigenvalue weighted by molar-refractivity contribution is -0.123. The van der Waals surface area contributed by atoms with Gasteiger partial charge in [-0.25, -0.2) is 0 Å². The maximum Gasteiger partial charge on any atom is 0.237 e. The minimum Gasteiger partial charge on any atom is -0.350 e. The Kier molecular flexibility index (Phi) is 5.15. The lowest BCUT2D eigenvalue weighted by Crippen LogP contribution is -2.44. The molecule has 1 heterocycles. The third kappa shape index (κ3) is 3.82. The molecule has 0 aliphatic rings. The molecule has 2 atom stereocenters. The summed E-state index contributed by atoms with van der Waals surface area (Å²) in [6, 6.07) is 1.72. The first kappa shape index (κ1) is 14.2. The Morgan fingerprint density at radius 1 is 1.53 bits per heavy atom. The molecule has 4 heteroatoms. The van der Waals surface area contributed by atoms with Crippen LogP contribution in [0.15, 0.2) is 6.07 Å². The quantitative estimate of drug-likeness (QED) is 0.847. The first-order valence-electron chi connectivity index (χ1n) is 6.04. The summed E-state index contributed by atoms with van der Waals surface area (Å²) in [6.45, 7) is 8.81. The zero-order valence-corrected chi connectivity index (χ0v) is 11.9. The van der Waals surface area contributed by atoms with Gasteiger partial charge >= 0.3 is 0 Å². The van der Waals surface area contributed by atoms with Gasteiger partial charge in [0.15, 0.2) is 0 Å². The summed E-state index contributed by atoms with van der Waals surface area (Å²) >= 11 is 1.73. The van der Waals surface area contributed by atoms with Gasteiger partial charge in [0.05, 0.1) is 12.6 Å². The highest BCUT2D eigenvalue weighted by atomic mass is 32.1. The summed E-state index contributed by atoms with van der Waals surface area (Å²) in [5, 5.41) is 2.90. The second-order valence-electron chi connectivity index (χ2n) is 4.58. The number of nitrogens with two attached hydrogens (primary N) is 1. The maximum absolute atomic E-state index is 11.8. The number of hydrogen-bond acceptors (Lipinski definition) is 3. The van der Waals surface area contributed by atoms with Crippen molar-refractivity contribution in [1.29, 1.82) is 0 Å². The fourth-order valence-corrected chi connectivity index (χ4v) is 2.53. The van der Waals surface area contributed by atoms with Gasteiger partial charge in [-0.3, -0.25) is 4.79 Å². The Bertz CT molecular complexity index is 367. The highest BCUT2D eigenvalue weighted by molar-refractivity contribution is 7.12. The summed E-state index contributed by atoms with van der Waals surface area (Å²) < 4.78 is 0. The number of carbonyl (C=O) groups excluding carboxylic acids is 1. The molecule has 0 saturated carbocycles. The van der Waals surface area contributed by atoms with E-state index in [9.17, 15) is 4.79 Å². The van der Waals surface area contributed by atoms with Crippen LogP contribution in [0.2, 0.25) is 0 Å². The van der Waals surface area contributed by atoms with Gasteiger partial charge in [-0.05, 0) is 31.4 Å². The van der Waals surface area contributed by atoms with Crippen molar-refractivity contribution in [1.82, 2.24) is 5.32 Å². The predicted molar refractivity (Wildman–Crippen MR) is 73.1 cm³/mol. The summed E-state index contributed by atoms with van der Waals surface area (Å²) in [7, 11) is 0. The summed E-state index contributed by atoms with van der Waals surface area (Å²) in [5.41, 5.74) is 7.14. The van der Waals surface area contributed by atoms with Gasteiger partial charge in [0, 0.05) is 9.75 Å². The number of hydrogen-bond donors (Lipinski definition) is 2. The van der Waals surface area contributed by atoms with Crippen molar-refractivity contribution in [3.8, 4) is 0 Å². The van der Waals surface area contributed by atoms with Crippen LogP contribution in [0, 0.1) is 19.8 Å². The van der Waals surface area contributed by atoms with E-state index >= 15 is 0 Å². The highest BCUT2D eigenvalue weighted by Gasteiger charge is 2.18. The molecular formula is C13H22N2OS. The number of carbonyl (C=O) groups is 1. The van der Waals surface area contributed by atoms with Crippen LogP contribution in [0.3, 0.4) is 0 Å². The molecular weight excluding hydrogens is 232 g/mol. The SMILES string of the molecule is CCC(C)C(N)C(=O)NCc1cc(C)c(C)s1. The van der Waals surface area contributed by atoms with Crippen molar-refractivity contribution in [3.63, 3.8) is 0 Å². The molecule has 0 aromatic carbocycles. The van der Waals surface area contributed by atoms with Crippen molar-refractivity contribution < 1.29 is 4.79 Å². The zero-order chi connectivity index (χ0) is 13.0. The van der Waals surface area contributed by atoms with Gasteiger partial charge in [0.2, 0.25) is 5.91 Å². The van der Waals surface area contributed by atoms with Gasteiger partial charge in [-0.1, -0.05) is 20.3 Å². The van der Waals surface area contributed by atoms with Crippen LogP contribution < -0.4 is 11.1 Å². The Balaban J connectivity index is 2.48. The van der Waals surface area contributed by atoms with Gasteiger partial charge in [0.25, 0.3) is 0 Å². The van der Waals surface area contributed by atoms with E-state index in [1.807, 2.05) is 13.8 Å². The molecule has 1 aromatic rings. The van der Waals surface area contributed by atoms with Gasteiger partial charge in [-0.2, -0.15) is 0 Å². The van der Waals surface area contributed by atoms with Crippen LogP contribution in [-0.4, -0.2) is 11.9 Å². The fraction of sp³-hybridized carbons (Fsp3) is 0.615. The number of nitrogens with one attached hydrogen (secondary N) is 1. The molecule has 0 saturated heterocycles. The van der Waals surface area contributed by atoms with E-state index < -0.39 is 6.04 Å². The molecule has 3 N–H and O–H groups in total. The molecule has 17 heavy (non-hydrogen) atoms. The fourth-order valence-electron chi connectivity index (χ4n) is 1.54. The van der Waals surface area contributed by atoms with Crippen molar-refractivity contribution in [2.24, 2.45) is 11.7 Å². The van der Waals surface area contributed by atoms with Crippen LogP contribution in [0.1, 0.15) is 35.6 Å². The average molecular weight is 254 g/mol. The first-order valence-corrected chi connectivity index (χ1v) is 6.86. The van der Waals surface area contributed by atoms with E-state index in [0.717, 1.165) is 6.42 Å². The number of aryl methyl sites for hydroxylation is 2. The third-order valence-electron chi connectivity index (χ3n) is 3.21. The number of rotatable bonds is 5. The number of amides is 1. The Morgan fingerprint density at radius 2 is 2.18 bits per heavy atom. The standard InChI is InChI=1S/C13H22N2OS/c1-5-8(2)12(14)13(16)15-7-11-6-9(3)10(4)17-11/h6,8,12H,5,7,14H2,1-4H3,(H,15,16). The summed E-state index contributed by atoms with van der Waals surface area (Å²) in [4.78, 5) is 14.3. The van der Waals surface area contributed by atoms with Crippen LogP contribution in [0.4, 0.5) is 0 Å². The molecule has 1 amide bonds. The summed E-state index contributed by atoms with van der Waals surface area (Å²) in [6.07, 6.45) is 0.922. The molecule has 0 fully saturated rings. The van der Waals surface area contributed by atoms with E-state index in [-0.39, 0.29) is 11.8 Å². The van der Waals surface area contributed by atoms with Crippen molar-refractivity contribution in [3.05, 3.63) is 21.4 Å². The second kappa shape index (κ2) is 6.17. The normalized spacial score (nSPS) is 14.4. The van der Waals surface area contributed by atoms with E-state index in [2.05, 4.69) is 25.2 Å². The van der Waals surface area contributed by atoms with E-state index in [1.54, 1.807) is 11.3 Å². The predicted octanol–water partition coefficient (Wildman–Crippen LogP) is 2.35. The number of thiophene rings is 1. The van der Waals surface area contributed by atoms with Crippen LogP contribution >= 0.6 is 11.3 Å². The average Bonchev–Trinajstić information content (AvgIpc) is 2.63. The lowest BCUT2D eigenvalue weighted by atomic mass is 9.99. The smallest absolute Gasteiger partial charge is 0.237 e. The van der Waals surface area contributed by atoms with Crippen LogP contribution in [0.25, 0.3) is 0 Å². The first-order chi connectivity index (χ1) is 7.95. The van der Waals surface area contributed by atoms with Crippen molar-refractivity contribution in [2.75, 3.05) is 0 Å². The molecule has 96 valence electrons. The minimum atomic E-state index is -0.401. The molecule has 0 spiro atoms. The third-order valence-corrected chi connectivity index (χ3v) is 4.37. The monoisotopic (exact) mass is 254 g/mol. The summed E-state index contributed by atoms with van der Waals surface area (Å²) in [5.74, 6) is 0.171. The highest BCUT2D eigenvalue weighted by Crippen LogP contribution is 2.20. The Labute approximate surface area is 107 Å². The molecule has 0 aliphatic heterocycles. The second-order valence-corrected chi connectivity index (χ2v) is 5.92. The molecule has 0 aliphatic carbocycles. The van der Waals surface area contributed by atoms with E-state index in [4.69, 9.17) is 5.73 Å². The van der Waals surface area contributed by atoms with Gasteiger partial charge < -0.3 is 11.1 Å². The lowest BCUT2D eigenvalue weighted by Gasteiger charge is -2.17. The largest absolute Gasteiger partial charge is 0.350 e. The Morgan fingerprint density at radius 3 is 2.65 bits per heavy atom. The van der Waals surface area contributed by atoms with E-state index in [1.165, 1.54) is 15.3 Å². The van der Waals surface area contributed by atoms with Crippen LogP contribution in [-0.2, 0) is 11.3 Å². The molecule has 2 unspecified atom stereocenters. The minimum absolute atomic E-state index is 0.0527. The topological polar surface area (TPSA) is 55.1 Å². The molecule has 1 rings (SSSR count). The van der Waals surface area contributed by atoms with Crippen LogP contribution in [0.5, 0.6) is 0 Å². The van der Waals surface area contributed by atoms with E-state index in [0.29, 0.717) is 6.54 Å². The molecule has 0 bridgehead atoms. The van der Waals surface area contributed by atoms with Gasteiger partial charge in [0.1, 0.15) is 0 Å².